The maximum atomic E-state index is 12.1. The van der Waals surface area contributed by atoms with Gasteiger partial charge in [0.05, 0.1) is 13.5 Å². The van der Waals surface area contributed by atoms with Gasteiger partial charge >= 0.3 is 0 Å². The van der Waals surface area contributed by atoms with Gasteiger partial charge < -0.3 is 10.1 Å². The second kappa shape index (κ2) is 6.88. The van der Waals surface area contributed by atoms with Crippen LogP contribution >= 0.6 is 0 Å². The molecule has 0 fully saturated rings. The van der Waals surface area contributed by atoms with Gasteiger partial charge in [-0.25, -0.2) is 0 Å². The SMILES string of the molecule is COc1c(C)cc(C)cc1CC(=O)NCc1ccncc1. The summed E-state index contributed by atoms with van der Waals surface area (Å²) in [4.78, 5) is 16.0. The zero-order chi connectivity index (χ0) is 15.2. The van der Waals surface area contributed by atoms with E-state index >= 15 is 0 Å². The van der Waals surface area contributed by atoms with Crippen molar-refractivity contribution in [3.63, 3.8) is 0 Å². The molecule has 1 aromatic carbocycles. The molecule has 0 aliphatic carbocycles. The standard InChI is InChI=1S/C17H20N2O2/c1-12-8-13(2)17(21-3)15(9-12)10-16(20)19-11-14-4-6-18-7-5-14/h4-9H,10-11H2,1-3H3,(H,19,20). The lowest BCUT2D eigenvalue weighted by molar-refractivity contribution is -0.120. The molecule has 1 heterocycles. The second-order valence-corrected chi connectivity index (χ2v) is 5.08. The third kappa shape index (κ3) is 4.05. The van der Waals surface area contributed by atoms with Gasteiger partial charge in [0, 0.05) is 24.5 Å². The van der Waals surface area contributed by atoms with Crippen molar-refractivity contribution in [1.82, 2.24) is 10.3 Å². The quantitative estimate of drug-likeness (QED) is 0.918. The maximum absolute atomic E-state index is 12.1. The minimum Gasteiger partial charge on any atom is -0.496 e. The number of pyridine rings is 1. The van der Waals surface area contributed by atoms with Gasteiger partial charge in [-0.2, -0.15) is 0 Å². The molecule has 0 saturated heterocycles. The minimum atomic E-state index is -0.0184. The molecule has 21 heavy (non-hydrogen) atoms. The molecule has 0 unspecified atom stereocenters. The fourth-order valence-corrected chi connectivity index (χ4v) is 2.40. The molecule has 2 aromatic rings. The number of nitrogens with zero attached hydrogens (tertiary/aromatic N) is 1. The van der Waals surface area contributed by atoms with Crippen LogP contribution in [0.5, 0.6) is 5.75 Å². The molecule has 0 aliphatic rings. The molecule has 4 heteroatoms. The molecule has 2 rings (SSSR count). The van der Waals surface area contributed by atoms with Crippen LogP contribution in [0, 0.1) is 13.8 Å². The smallest absolute Gasteiger partial charge is 0.224 e. The van der Waals surface area contributed by atoms with Crippen molar-refractivity contribution < 1.29 is 9.53 Å². The van der Waals surface area contributed by atoms with Gasteiger partial charge in [0.15, 0.2) is 0 Å². The Morgan fingerprint density at radius 3 is 2.62 bits per heavy atom. The fourth-order valence-electron chi connectivity index (χ4n) is 2.40. The van der Waals surface area contributed by atoms with Crippen LogP contribution < -0.4 is 10.1 Å². The number of aryl methyl sites for hydroxylation is 2. The summed E-state index contributed by atoms with van der Waals surface area (Å²) in [5.41, 5.74) is 4.13. The molecule has 0 spiro atoms. The Bertz CT molecular complexity index is 624. The van der Waals surface area contributed by atoms with E-state index in [1.165, 1.54) is 0 Å². The van der Waals surface area contributed by atoms with Crippen molar-refractivity contribution in [2.24, 2.45) is 0 Å². The Hall–Kier alpha value is -2.36. The van der Waals surface area contributed by atoms with Crippen LogP contribution in [0.4, 0.5) is 0 Å². The molecule has 0 aliphatic heterocycles. The number of aromatic nitrogens is 1. The molecular weight excluding hydrogens is 264 g/mol. The first-order chi connectivity index (χ1) is 10.1. The summed E-state index contributed by atoms with van der Waals surface area (Å²) in [5.74, 6) is 0.773. The highest BCUT2D eigenvalue weighted by molar-refractivity contribution is 5.79. The van der Waals surface area contributed by atoms with Gasteiger partial charge in [0.1, 0.15) is 5.75 Å². The number of ether oxygens (including phenoxy) is 1. The van der Waals surface area contributed by atoms with Gasteiger partial charge in [0.2, 0.25) is 5.91 Å². The Balaban J connectivity index is 2.03. The summed E-state index contributed by atoms with van der Waals surface area (Å²) in [5, 5.41) is 2.92. The van der Waals surface area contributed by atoms with Crippen molar-refractivity contribution in [3.8, 4) is 5.75 Å². The van der Waals surface area contributed by atoms with Gasteiger partial charge in [-0.05, 0) is 37.1 Å². The number of carbonyl (C=O) groups excluding carboxylic acids is 1. The van der Waals surface area contributed by atoms with Crippen molar-refractivity contribution in [3.05, 3.63) is 58.9 Å². The summed E-state index contributed by atoms with van der Waals surface area (Å²) in [7, 11) is 1.63. The first-order valence-corrected chi connectivity index (χ1v) is 6.90. The molecule has 4 nitrogen and oxygen atoms in total. The number of benzene rings is 1. The van der Waals surface area contributed by atoms with Gasteiger partial charge in [-0.15, -0.1) is 0 Å². The van der Waals surface area contributed by atoms with E-state index < -0.39 is 0 Å². The summed E-state index contributed by atoms with van der Waals surface area (Å²) >= 11 is 0. The van der Waals surface area contributed by atoms with E-state index in [0.717, 1.165) is 28.0 Å². The van der Waals surface area contributed by atoms with Gasteiger partial charge in [0.25, 0.3) is 0 Å². The largest absolute Gasteiger partial charge is 0.496 e. The van der Waals surface area contributed by atoms with Crippen LogP contribution in [0.15, 0.2) is 36.7 Å². The average Bonchev–Trinajstić information content (AvgIpc) is 2.46. The highest BCUT2D eigenvalue weighted by Gasteiger charge is 2.11. The second-order valence-electron chi connectivity index (χ2n) is 5.08. The first kappa shape index (κ1) is 15.0. The van der Waals surface area contributed by atoms with E-state index in [2.05, 4.69) is 16.4 Å². The molecule has 1 amide bonds. The molecular formula is C17H20N2O2. The molecule has 0 bridgehead atoms. The number of hydrogen-bond donors (Lipinski definition) is 1. The van der Waals surface area contributed by atoms with E-state index in [9.17, 15) is 4.79 Å². The van der Waals surface area contributed by atoms with Crippen LogP contribution in [-0.2, 0) is 17.8 Å². The zero-order valence-corrected chi connectivity index (χ0v) is 12.6. The average molecular weight is 284 g/mol. The summed E-state index contributed by atoms with van der Waals surface area (Å²) in [6.45, 7) is 4.52. The van der Waals surface area contributed by atoms with Crippen molar-refractivity contribution in [1.29, 1.82) is 0 Å². The Morgan fingerprint density at radius 1 is 1.24 bits per heavy atom. The predicted molar refractivity (Wildman–Crippen MR) is 82.3 cm³/mol. The van der Waals surface area contributed by atoms with Crippen LogP contribution in [-0.4, -0.2) is 18.0 Å². The van der Waals surface area contributed by atoms with Crippen LogP contribution in [0.2, 0.25) is 0 Å². The number of carbonyl (C=O) groups is 1. The number of rotatable bonds is 5. The van der Waals surface area contributed by atoms with Crippen molar-refractivity contribution in [2.75, 3.05) is 7.11 Å². The zero-order valence-electron chi connectivity index (χ0n) is 12.6. The van der Waals surface area contributed by atoms with Crippen molar-refractivity contribution >= 4 is 5.91 Å². The monoisotopic (exact) mass is 284 g/mol. The van der Waals surface area contributed by atoms with E-state index in [0.29, 0.717) is 13.0 Å². The minimum absolute atomic E-state index is 0.0184. The number of methoxy groups -OCH3 is 1. The van der Waals surface area contributed by atoms with Crippen LogP contribution in [0.3, 0.4) is 0 Å². The number of amides is 1. The molecule has 0 atom stereocenters. The topological polar surface area (TPSA) is 51.2 Å². The van der Waals surface area contributed by atoms with Gasteiger partial charge in [-0.1, -0.05) is 17.7 Å². The van der Waals surface area contributed by atoms with E-state index in [1.807, 2.05) is 32.0 Å². The van der Waals surface area contributed by atoms with Gasteiger partial charge in [-0.3, -0.25) is 9.78 Å². The molecule has 1 N–H and O–H groups in total. The third-order valence-electron chi connectivity index (χ3n) is 3.29. The lowest BCUT2D eigenvalue weighted by atomic mass is 10.0. The highest BCUT2D eigenvalue weighted by atomic mass is 16.5. The maximum Gasteiger partial charge on any atom is 0.224 e. The summed E-state index contributed by atoms with van der Waals surface area (Å²) in [6.07, 6.45) is 3.75. The first-order valence-electron chi connectivity index (χ1n) is 6.90. The molecule has 0 saturated carbocycles. The summed E-state index contributed by atoms with van der Waals surface area (Å²) in [6, 6.07) is 7.82. The molecule has 1 aromatic heterocycles. The predicted octanol–water partition coefficient (Wildman–Crippen LogP) is 2.57. The Labute approximate surface area is 125 Å². The lowest BCUT2D eigenvalue weighted by Gasteiger charge is -2.13. The van der Waals surface area contributed by atoms with Crippen molar-refractivity contribution in [2.45, 2.75) is 26.8 Å². The normalized spacial score (nSPS) is 10.2. The fraction of sp³-hybridized carbons (Fsp3) is 0.294. The Kier molecular flexibility index (Phi) is 4.93. The van der Waals surface area contributed by atoms with E-state index in [-0.39, 0.29) is 5.91 Å². The number of hydrogen-bond acceptors (Lipinski definition) is 3. The van der Waals surface area contributed by atoms with E-state index in [1.54, 1.807) is 19.5 Å². The lowest BCUT2D eigenvalue weighted by Crippen LogP contribution is -2.24. The molecule has 110 valence electrons. The Morgan fingerprint density at radius 2 is 1.95 bits per heavy atom. The van der Waals surface area contributed by atoms with Crippen LogP contribution in [0.1, 0.15) is 22.3 Å². The summed E-state index contributed by atoms with van der Waals surface area (Å²) < 4.78 is 5.41. The third-order valence-corrected chi connectivity index (χ3v) is 3.29. The number of nitrogens with one attached hydrogen (secondary N) is 1. The highest BCUT2D eigenvalue weighted by Crippen LogP contribution is 2.25. The molecule has 0 radical (unpaired) electrons. The van der Waals surface area contributed by atoms with Crippen LogP contribution in [0.25, 0.3) is 0 Å². The van der Waals surface area contributed by atoms with E-state index in [4.69, 9.17) is 4.74 Å².